The maximum atomic E-state index is 12.4. The quantitative estimate of drug-likeness (QED) is 0.631. The van der Waals surface area contributed by atoms with E-state index in [1.54, 1.807) is 0 Å². The Bertz CT molecular complexity index is 923. The Morgan fingerprint density at radius 2 is 1.64 bits per heavy atom. The fraction of sp³-hybridized carbons (Fsp3) is 0.222. The van der Waals surface area contributed by atoms with Crippen LogP contribution in [0.1, 0.15) is 32.7 Å². The molecule has 0 spiro atoms. The molecule has 0 aliphatic carbocycles. The van der Waals surface area contributed by atoms with Crippen LogP contribution in [0.3, 0.4) is 0 Å². The highest BCUT2D eigenvalue weighted by atomic mass is 32.2. The molecule has 130 valence electrons. The summed E-state index contributed by atoms with van der Waals surface area (Å²) < 4.78 is 27.3. The van der Waals surface area contributed by atoms with Crippen LogP contribution in [0.2, 0.25) is 0 Å². The first-order valence-electron chi connectivity index (χ1n) is 7.90. The second-order valence-electron chi connectivity index (χ2n) is 5.86. The number of sulfonamides is 1. The molecule has 0 atom stereocenters. The Morgan fingerprint density at radius 1 is 0.960 bits per heavy atom. The van der Waals surface area contributed by atoms with E-state index < -0.39 is 21.8 Å². The van der Waals surface area contributed by atoms with Crippen LogP contribution in [-0.2, 0) is 16.4 Å². The molecule has 7 heteroatoms. The van der Waals surface area contributed by atoms with Gasteiger partial charge in [0.05, 0.1) is 16.0 Å². The number of hydrogen-bond donors (Lipinski definition) is 1. The minimum absolute atomic E-state index is 0.0117. The van der Waals surface area contributed by atoms with Crippen molar-refractivity contribution in [2.75, 3.05) is 13.6 Å². The van der Waals surface area contributed by atoms with E-state index in [1.807, 2.05) is 30.3 Å². The predicted molar refractivity (Wildman–Crippen MR) is 92.8 cm³/mol. The van der Waals surface area contributed by atoms with Gasteiger partial charge in [0, 0.05) is 13.6 Å². The van der Waals surface area contributed by atoms with Gasteiger partial charge in [0.15, 0.2) is 0 Å². The fourth-order valence-corrected chi connectivity index (χ4v) is 3.83. The van der Waals surface area contributed by atoms with Gasteiger partial charge in [-0.1, -0.05) is 30.3 Å². The standard InChI is InChI=1S/C18H18N2O4S/c1-20-17(21)15-10-9-14(12-16(15)18(20)22)25(23,24)19-11-5-8-13-6-3-2-4-7-13/h2-4,6-7,9-10,12,19H,5,8,11H2,1H3. The Labute approximate surface area is 146 Å². The van der Waals surface area contributed by atoms with E-state index >= 15 is 0 Å². The van der Waals surface area contributed by atoms with Gasteiger partial charge in [0.1, 0.15) is 0 Å². The van der Waals surface area contributed by atoms with Gasteiger partial charge in [-0.3, -0.25) is 14.5 Å². The Balaban J connectivity index is 1.67. The summed E-state index contributed by atoms with van der Waals surface area (Å²) in [5, 5.41) is 0. The number of aryl methyl sites for hydroxylation is 1. The highest BCUT2D eigenvalue weighted by Crippen LogP contribution is 2.24. The minimum Gasteiger partial charge on any atom is -0.277 e. The predicted octanol–water partition coefficient (Wildman–Crippen LogP) is 1.82. The average Bonchev–Trinajstić information content (AvgIpc) is 2.84. The van der Waals surface area contributed by atoms with Crippen molar-refractivity contribution in [3.63, 3.8) is 0 Å². The Hall–Kier alpha value is -2.51. The van der Waals surface area contributed by atoms with E-state index in [0.717, 1.165) is 16.9 Å². The number of imide groups is 1. The topological polar surface area (TPSA) is 83.6 Å². The van der Waals surface area contributed by atoms with Crippen LogP contribution in [0.4, 0.5) is 0 Å². The summed E-state index contributed by atoms with van der Waals surface area (Å²) in [5.41, 5.74) is 1.50. The number of nitrogens with zero attached hydrogens (tertiary/aromatic N) is 1. The molecule has 0 unspecified atom stereocenters. The van der Waals surface area contributed by atoms with E-state index in [4.69, 9.17) is 0 Å². The molecule has 0 aromatic heterocycles. The SMILES string of the molecule is CN1C(=O)c2ccc(S(=O)(=O)NCCCc3ccccc3)cc2C1=O. The van der Waals surface area contributed by atoms with Crippen molar-refractivity contribution in [2.45, 2.75) is 17.7 Å². The third-order valence-corrected chi connectivity index (χ3v) is 5.61. The van der Waals surface area contributed by atoms with E-state index in [9.17, 15) is 18.0 Å². The Morgan fingerprint density at radius 3 is 2.36 bits per heavy atom. The normalized spacial score (nSPS) is 14.0. The van der Waals surface area contributed by atoms with Gasteiger partial charge in [0.2, 0.25) is 10.0 Å². The molecule has 3 rings (SSSR count). The number of carbonyl (C=O) groups excluding carboxylic acids is 2. The third-order valence-electron chi connectivity index (χ3n) is 4.15. The molecule has 0 saturated heterocycles. The summed E-state index contributed by atoms with van der Waals surface area (Å²) in [6.45, 7) is 0.293. The molecule has 6 nitrogen and oxygen atoms in total. The number of rotatable bonds is 6. The lowest BCUT2D eigenvalue weighted by Gasteiger charge is -2.08. The van der Waals surface area contributed by atoms with Crippen molar-refractivity contribution in [1.82, 2.24) is 9.62 Å². The first-order valence-corrected chi connectivity index (χ1v) is 9.38. The maximum absolute atomic E-state index is 12.4. The van der Waals surface area contributed by atoms with Crippen LogP contribution in [0.5, 0.6) is 0 Å². The summed E-state index contributed by atoms with van der Waals surface area (Å²) in [4.78, 5) is 24.8. The van der Waals surface area contributed by atoms with Gasteiger partial charge in [-0.2, -0.15) is 0 Å². The monoisotopic (exact) mass is 358 g/mol. The van der Waals surface area contributed by atoms with Crippen LogP contribution >= 0.6 is 0 Å². The second kappa shape index (κ2) is 6.78. The molecule has 2 aromatic carbocycles. The van der Waals surface area contributed by atoms with Crippen molar-refractivity contribution in [1.29, 1.82) is 0 Å². The zero-order valence-corrected chi connectivity index (χ0v) is 14.5. The van der Waals surface area contributed by atoms with E-state index in [-0.39, 0.29) is 16.0 Å². The first kappa shape index (κ1) is 17.3. The van der Waals surface area contributed by atoms with Crippen LogP contribution in [-0.4, -0.2) is 38.7 Å². The van der Waals surface area contributed by atoms with Crippen molar-refractivity contribution >= 4 is 21.8 Å². The van der Waals surface area contributed by atoms with Crippen molar-refractivity contribution in [3.8, 4) is 0 Å². The lowest BCUT2D eigenvalue weighted by atomic mass is 10.1. The fourth-order valence-electron chi connectivity index (χ4n) is 2.73. The number of hydrogen-bond acceptors (Lipinski definition) is 4. The molecule has 0 bridgehead atoms. The summed E-state index contributed by atoms with van der Waals surface area (Å²) in [6.07, 6.45) is 1.43. The molecular formula is C18H18N2O4S. The molecule has 1 heterocycles. The number of nitrogens with one attached hydrogen (secondary N) is 1. The minimum atomic E-state index is -3.73. The number of benzene rings is 2. The van der Waals surface area contributed by atoms with Crippen LogP contribution in [0.25, 0.3) is 0 Å². The summed E-state index contributed by atoms with van der Waals surface area (Å²) in [7, 11) is -2.35. The van der Waals surface area contributed by atoms with Gasteiger partial charge in [-0.05, 0) is 36.6 Å². The van der Waals surface area contributed by atoms with E-state index in [2.05, 4.69) is 4.72 Å². The van der Waals surface area contributed by atoms with Crippen LogP contribution in [0, 0.1) is 0 Å². The second-order valence-corrected chi connectivity index (χ2v) is 7.63. The Kier molecular flexibility index (Phi) is 4.69. The molecule has 2 aromatic rings. The van der Waals surface area contributed by atoms with E-state index in [1.165, 1.54) is 25.2 Å². The largest absolute Gasteiger partial charge is 0.277 e. The molecule has 2 amide bonds. The number of amides is 2. The molecule has 1 N–H and O–H groups in total. The zero-order chi connectivity index (χ0) is 18.0. The van der Waals surface area contributed by atoms with Gasteiger partial charge in [0.25, 0.3) is 11.8 Å². The average molecular weight is 358 g/mol. The van der Waals surface area contributed by atoms with Crippen LogP contribution in [0.15, 0.2) is 53.4 Å². The molecule has 1 aliphatic rings. The van der Waals surface area contributed by atoms with Crippen molar-refractivity contribution in [2.24, 2.45) is 0 Å². The molecule has 1 aliphatic heterocycles. The van der Waals surface area contributed by atoms with E-state index in [0.29, 0.717) is 13.0 Å². The molecule has 0 fully saturated rings. The maximum Gasteiger partial charge on any atom is 0.261 e. The molecule has 0 saturated carbocycles. The smallest absolute Gasteiger partial charge is 0.261 e. The van der Waals surface area contributed by atoms with Gasteiger partial charge < -0.3 is 0 Å². The highest BCUT2D eigenvalue weighted by molar-refractivity contribution is 7.89. The van der Waals surface area contributed by atoms with Crippen molar-refractivity contribution < 1.29 is 18.0 Å². The number of fused-ring (bicyclic) bond motifs is 1. The van der Waals surface area contributed by atoms with Crippen molar-refractivity contribution in [3.05, 3.63) is 65.2 Å². The molecule has 25 heavy (non-hydrogen) atoms. The third kappa shape index (κ3) is 3.47. The van der Waals surface area contributed by atoms with Gasteiger partial charge >= 0.3 is 0 Å². The zero-order valence-electron chi connectivity index (χ0n) is 13.7. The first-order chi connectivity index (χ1) is 11.9. The highest BCUT2D eigenvalue weighted by Gasteiger charge is 2.33. The lowest BCUT2D eigenvalue weighted by Crippen LogP contribution is -2.25. The lowest BCUT2D eigenvalue weighted by molar-refractivity contribution is 0.0693. The van der Waals surface area contributed by atoms with Crippen LogP contribution < -0.4 is 4.72 Å². The van der Waals surface area contributed by atoms with Gasteiger partial charge in [-0.25, -0.2) is 13.1 Å². The summed E-state index contributed by atoms with van der Waals surface area (Å²) >= 11 is 0. The molecule has 0 radical (unpaired) electrons. The molecular weight excluding hydrogens is 340 g/mol. The number of carbonyl (C=O) groups is 2. The summed E-state index contributed by atoms with van der Waals surface area (Å²) in [5.74, 6) is -0.902. The summed E-state index contributed by atoms with van der Waals surface area (Å²) in [6, 6.07) is 13.8. The van der Waals surface area contributed by atoms with Gasteiger partial charge in [-0.15, -0.1) is 0 Å².